The fourth-order valence-electron chi connectivity index (χ4n) is 5.09. The molecule has 224 valence electrons. The van der Waals surface area contributed by atoms with Crippen LogP contribution in [0.2, 0.25) is 0 Å². The summed E-state index contributed by atoms with van der Waals surface area (Å²) < 4.78 is 37.3. The molecule has 0 saturated carbocycles. The van der Waals surface area contributed by atoms with Crippen LogP contribution >= 0.6 is 0 Å². The summed E-state index contributed by atoms with van der Waals surface area (Å²) in [6, 6.07) is 16.4. The van der Waals surface area contributed by atoms with Crippen molar-refractivity contribution in [2.45, 2.75) is 44.8 Å². The van der Waals surface area contributed by atoms with Crippen LogP contribution in [0.25, 0.3) is 0 Å². The van der Waals surface area contributed by atoms with Gasteiger partial charge < -0.3 is 25.4 Å². The highest BCUT2D eigenvalue weighted by atomic mass is 19.3. The first kappa shape index (κ1) is 30.4. The number of hydrazone groups is 1. The fourth-order valence-corrected chi connectivity index (χ4v) is 5.09. The van der Waals surface area contributed by atoms with E-state index in [-0.39, 0.29) is 32.5 Å². The average Bonchev–Trinajstić information content (AvgIpc) is 3.20. The fraction of sp³-hybridized carbons (Fsp3) is 0.414. The van der Waals surface area contributed by atoms with Crippen molar-refractivity contribution < 1.29 is 37.4 Å². The topological polar surface area (TPSA) is 144 Å². The van der Waals surface area contributed by atoms with Gasteiger partial charge in [-0.3, -0.25) is 14.4 Å². The van der Waals surface area contributed by atoms with Gasteiger partial charge in [0, 0.05) is 19.5 Å². The van der Waals surface area contributed by atoms with Crippen LogP contribution in [-0.4, -0.2) is 83.7 Å². The van der Waals surface area contributed by atoms with Gasteiger partial charge in [0.15, 0.2) is 5.60 Å². The molecule has 3 N–H and O–H groups in total. The summed E-state index contributed by atoms with van der Waals surface area (Å²) in [4.78, 5) is 53.4. The van der Waals surface area contributed by atoms with Gasteiger partial charge in [-0.1, -0.05) is 48.5 Å². The summed E-state index contributed by atoms with van der Waals surface area (Å²) in [6.07, 6.45) is -3.64. The highest BCUT2D eigenvalue weighted by molar-refractivity contribution is 6.14. The van der Waals surface area contributed by atoms with E-state index in [0.29, 0.717) is 11.5 Å². The van der Waals surface area contributed by atoms with Gasteiger partial charge in [0.25, 0.3) is 18.2 Å². The van der Waals surface area contributed by atoms with Crippen molar-refractivity contribution in [1.29, 1.82) is 0 Å². The van der Waals surface area contributed by atoms with Crippen LogP contribution in [0.15, 0.2) is 65.8 Å². The lowest BCUT2D eigenvalue weighted by Crippen LogP contribution is -2.61. The van der Waals surface area contributed by atoms with Gasteiger partial charge in [-0.15, -0.1) is 0 Å². The first-order valence-corrected chi connectivity index (χ1v) is 13.4. The predicted molar refractivity (Wildman–Crippen MR) is 148 cm³/mol. The van der Waals surface area contributed by atoms with E-state index in [0.717, 1.165) is 10.6 Å². The summed E-state index contributed by atoms with van der Waals surface area (Å²) in [5, 5.41) is 7.63. The second-order valence-corrected chi connectivity index (χ2v) is 10.7. The number of nitrogens with one attached hydrogen (secondary N) is 1. The zero-order valence-corrected chi connectivity index (χ0v) is 23.3. The maximum Gasteiger partial charge on any atom is 0.405 e. The molecule has 1 saturated heterocycles. The molecule has 2 unspecified atom stereocenters. The Morgan fingerprint density at radius 3 is 2.36 bits per heavy atom. The summed E-state index contributed by atoms with van der Waals surface area (Å²) in [5.41, 5.74) is 3.25. The lowest BCUT2D eigenvalue weighted by atomic mass is 9.73. The van der Waals surface area contributed by atoms with Gasteiger partial charge in [-0.2, -0.15) is 5.10 Å². The monoisotopic (exact) mass is 585 g/mol. The third-order valence-electron chi connectivity index (χ3n) is 7.15. The first-order valence-electron chi connectivity index (χ1n) is 13.4. The highest BCUT2D eigenvalue weighted by Crippen LogP contribution is 2.39. The molecule has 0 spiro atoms. The third kappa shape index (κ3) is 6.84. The number of benzene rings is 2. The number of primary amides is 1. The van der Waals surface area contributed by atoms with E-state index in [1.54, 1.807) is 42.5 Å². The minimum atomic E-state index is -2.79. The highest BCUT2D eigenvalue weighted by Gasteiger charge is 2.55. The van der Waals surface area contributed by atoms with Gasteiger partial charge in [-0.25, -0.2) is 18.6 Å². The second kappa shape index (κ2) is 12.5. The number of carbonyl (C=O) groups is 4. The van der Waals surface area contributed by atoms with Gasteiger partial charge in [-0.05, 0) is 38.0 Å². The summed E-state index contributed by atoms with van der Waals surface area (Å²) in [7, 11) is 0. The number of fused-ring (bicyclic) bond motifs is 1. The number of piperidine rings is 1. The predicted octanol–water partition coefficient (Wildman–Crippen LogP) is 2.35. The van der Waals surface area contributed by atoms with E-state index >= 15 is 0 Å². The number of ether oxygens (including phenoxy) is 2. The molecule has 4 amide bonds. The standard InChI is InChI=1S/C29H33F2N5O6/c1-28(2,42-27(32)40)25(38)33-21(17-41-20-11-7-4-8-12-20)24(37)35-14-13-22-29(18-35,15-19-9-5-3-6-10-19)26(39)36(34-22)16-23(30)31/h3-12,21,23H,13-18H2,1-2H3,(H2,32,40)(H,33,38). The molecule has 2 aliphatic rings. The van der Waals surface area contributed by atoms with Gasteiger partial charge in [0.2, 0.25) is 5.91 Å². The second-order valence-electron chi connectivity index (χ2n) is 10.7. The largest absolute Gasteiger partial charge is 0.491 e. The zero-order chi connectivity index (χ0) is 30.5. The molecular weight excluding hydrogens is 552 g/mol. The maximum absolute atomic E-state index is 14.0. The third-order valence-corrected chi connectivity index (χ3v) is 7.15. The Bertz CT molecular complexity index is 1340. The lowest BCUT2D eigenvalue weighted by Gasteiger charge is -2.41. The molecule has 0 radical (unpaired) electrons. The quantitative estimate of drug-likeness (QED) is 0.415. The first-order chi connectivity index (χ1) is 19.9. The average molecular weight is 586 g/mol. The molecule has 11 nitrogen and oxygen atoms in total. The summed E-state index contributed by atoms with van der Waals surface area (Å²) in [5.74, 6) is -1.54. The van der Waals surface area contributed by atoms with Gasteiger partial charge >= 0.3 is 6.09 Å². The Balaban J connectivity index is 1.61. The van der Waals surface area contributed by atoms with Crippen molar-refractivity contribution in [2.75, 3.05) is 26.2 Å². The van der Waals surface area contributed by atoms with Crippen molar-refractivity contribution in [1.82, 2.24) is 15.2 Å². The molecule has 42 heavy (non-hydrogen) atoms. The Morgan fingerprint density at radius 2 is 1.74 bits per heavy atom. The van der Waals surface area contributed by atoms with Crippen molar-refractivity contribution in [3.05, 3.63) is 66.2 Å². The van der Waals surface area contributed by atoms with Crippen LogP contribution in [-0.2, 0) is 25.5 Å². The number of amides is 4. The van der Waals surface area contributed by atoms with Crippen LogP contribution in [0.3, 0.4) is 0 Å². The van der Waals surface area contributed by atoms with Crippen LogP contribution in [0.1, 0.15) is 25.8 Å². The van der Waals surface area contributed by atoms with Crippen LogP contribution in [0.5, 0.6) is 5.75 Å². The number of hydrogen-bond acceptors (Lipinski definition) is 7. The molecular formula is C29H33F2N5O6. The number of rotatable bonds is 11. The van der Waals surface area contributed by atoms with Gasteiger partial charge in [0.05, 0.1) is 5.71 Å². The molecule has 4 rings (SSSR count). The Labute approximate surface area is 241 Å². The molecule has 2 aromatic rings. The van der Waals surface area contributed by atoms with Crippen LogP contribution < -0.4 is 15.8 Å². The number of likely N-dealkylation sites (tertiary alicyclic amines) is 1. The molecule has 2 aromatic carbocycles. The molecule has 1 fully saturated rings. The molecule has 2 aliphatic heterocycles. The minimum absolute atomic E-state index is 0.128. The molecule has 2 atom stereocenters. The number of carbonyl (C=O) groups excluding carboxylic acids is 4. The van der Waals surface area contributed by atoms with E-state index in [4.69, 9.17) is 15.2 Å². The number of hydrogen-bond donors (Lipinski definition) is 2. The van der Waals surface area contributed by atoms with E-state index in [1.807, 2.05) is 18.2 Å². The smallest absolute Gasteiger partial charge is 0.405 e. The van der Waals surface area contributed by atoms with E-state index in [9.17, 15) is 28.0 Å². The molecule has 13 heteroatoms. The summed E-state index contributed by atoms with van der Waals surface area (Å²) in [6.45, 7) is 1.49. The normalized spacial score (nSPS) is 19.2. The van der Waals surface area contributed by atoms with Crippen molar-refractivity contribution in [3.63, 3.8) is 0 Å². The summed E-state index contributed by atoms with van der Waals surface area (Å²) >= 11 is 0. The minimum Gasteiger partial charge on any atom is -0.491 e. The van der Waals surface area contributed by atoms with Crippen LogP contribution in [0.4, 0.5) is 13.6 Å². The number of para-hydroxylation sites is 1. The number of nitrogens with zero attached hydrogens (tertiary/aromatic N) is 3. The molecule has 0 aromatic heterocycles. The molecule has 2 heterocycles. The SMILES string of the molecule is CC(C)(OC(N)=O)C(=O)NC(COc1ccccc1)C(=O)N1CCC2=NN(CC(F)F)C(=O)C2(Cc2ccccc2)C1. The Morgan fingerprint density at radius 1 is 1.10 bits per heavy atom. The Hall–Kier alpha value is -4.55. The van der Waals surface area contributed by atoms with Crippen LogP contribution in [0, 0.1) is 5.41 Å². The number of nitrogens with two attached hydrogens (primary N) is 1. The van der Waals surface area contributed by atoms with Gasteiger partial charge in [0.1, 0.15) is 30.4 Å². The van der Waals surface area contributed by atoms with E-state index in [2.05, 4.69) is 10.4 Å². The molecule has 0 aliphatic carbocycles. The van der Waals surface area contributed by atoms with E-state index in [1.165, 1.54) is 18.7 Å². The Kier molecular flexibility index (Phi) is 9.08. The maximum atomic E-state index is 14.0. The lowest BCUT2D eigenvalue weighted by molar-refractivity contribution is -0.146. The molecule has 0 bridgehead atoms. The zero-order valence-electron chi connectivity index (χ0n) is 23.3. The van der Waals surface area contributed by atoms with Crippen molar-refractivity contribution in [3.8, 4) is 5.75 Å². The van der Waals surface area contributed by atoms with Crippen molar-refractivity contribution in [2.24, 2.45) is 16.3 Å². The number of halogens is 2. The van der Waals surface area contributed by atoms with Crippen molar-refractivity contribution >= 4 is 29.5 Å². The number of alkyl halides is 2. The van der Waals surface area contributed by atoms with E-state index < -0.39 is 53.8 Å².